The van der Waals surface area contributed by atoms with Gasteiger partial charge in [0.05, 0.1) is 11.7 Å². The molecule has 21 heavy (non-hydrogen) atoms. The minimum absolute atomic E-state index is 0.156. The first-order valence-corrected chi connectivity index (χ1v) is 9.64. The highest BCUT2D eigenvalue weighted by atomic mass is 32.1. The molecule has 0 radical (unpaired) electrons. The molecule has 2 unspecified atom stereocenters. The van der Waals surface area contributed by atoms with E-state index in [0.717, 1.165) is 38.2 Å². The van der Waals surface area contributed by atoms with E-state index in [1.807, 2.05) is 0 Å². The summed E-state index contributed by atoms with van der Waals surface area (Å²) in [4.78, 5) is 0. The van der Waals surface area contributed by atoms with Gasteiger partial charge >= 0.3 is 0 Å². The minimum atomic E-state index is -0.156. The molecule has 0 aromatic carbocycles. The molecular formula is C18H38O2S. The van der Waals surface area contributed by atoms with Gasteiger partial charge in [-0.15, -0.1) is 0 Å². The van der Waals surface area contributed by atoms with Crippen LogP contribution in [0.2, 0.25) is 0 Å². The van der Waals surface area contributed by atoms with E-state index in [1.165, 1.54) is 38.5 Å². The number of hydrogen-bond donors (Lipinski definition) is 1. The van der Waals surface area contributed by atoms with E-state index in [2.05, 4.69) is 40.3 Å². The summed E-state index contributed by atoms with van der Waals surface area (Å²) in [7, 11) is 0. The maximum absolute atomic E-state index is 6.08. The lowest BCUT2D eigenvalue weighted by atomic mass is 9.89. The van der Waals surface area contributed by atoms with Crippen LogP contribution in [0.5, 0.6) is 0 Å². The first kappa shape index (κ1) is 21.3. The highest BCUT2D eigenvalue weighted by molar-refractivity contribution is 7.80. The summed E-state index contributed by atoms with van der Waals surface area (Å²) < 4.78 is 12.1. The van der Waals surface area contributed by atoms with Gasteiger partial charge in [0.1, 0.15) is 0 Å². The van der Waals surface area contributed by atoms with Gasteiger partial charge in [0, 0.05) is 13.2 Å². The number of thiol groups is 1. The molecule has 3 heteroatoms. The van der Waals surface area contributed by atoms with Crippen LogP contribution in [0, 0.1) is 0 Å². The summed E-state index contributed by atoms with van der Waals surface area (Å²) >= 11 is 4.34. The molecule has 0 aromatic heterocycles. The Morgan fingerprint density at radius 3 is 2.14 bits per heavy atom. The van der Waals surface area contributed by atoms with E-state index in [0.29, 0.717) is 0 Å². The van der Waals surface area contributed by atoms with Crippen molar-refractivity contribution in [2.24, 2.45) is 0 Å². The van der Waals surface area contributed by atoms with Crippen LogP contribution in [-0.4, -0.2) is 30.7 Å². The third kappa shape index (κ3) is 9.80. The number of hydrogen-bond acceptors (Lipinski definition) is 3. The first-order chi connectivity index (χ1) is 10.1. The van der Waals surface area contributed by atoms with Gasteiger partial charge in [-0.1, -0.05) is 45.4 Å². The van der Waals surface area contributed by atoms with Crippen LogP contribution in [0.25, 0.3) is 0 Å². The van der Waals surface area contributed by atoms with Crippen LogP contribution >= 0.6 is 12.6 Å². The molecule has 0 heterocycles. The molecule has 0 fully saturated rings. The number of rotatable bonds is 15. The normalized spacial score (nSPS) is 15.9. The Labute approximate surface area is 138 Å². The Balaban J connectivity index is 4.30. The van der Waals surface area contributed by atoms with Crippen LogP contribution in [0.4, 0.5) is 0 Å². The zero-order valence-corrected chi connectivity index (χ0v) is 15.7. The fourth-order valence-electron chi connectivity index (χ4n) is 2.96. The molecule has 0 spiro atoms. The molecule has 0 aliphatic rings. The van der Waals surface area contributed by atoms with Crippen LogP contribution in [0.1, 0.15) is 85.5 Å². The van der Waals surface area contributed by atoms with E-state index < -0.39 is 0 Å². The van der Waals surface area contributed by atoms with Gasteiger partial charge in [-0.2, -0.15) is 12.6 Å². The lowest BCUT2D eigenvalue weighted by Crippen LogP contribution is -2.44. The topological polar surface area (TPSA) is 18.5 Å². The molecule has 128 valence electrons. The van der Waals surface area contributed by atoms with Crippen LogP contribution in [0.15, 0.2) is 0 Å². The Morgan fingerprint density at radius 1 is 0.905 bits per heavy atom. The second kappa shape index (κ2) is 13.9. The fourth-order valence-corrected chi connectivity index (χ4v) is 3.12. The summed E-state index contributed by atoms with van der Waals surface area (Å²) in [6.07, 6.45) is 11.4. The van der Waals surface area contributed by atoms with Crippen molar-refractivity contribution >= 4 is 12.6 Å². The third-order valence-corrected chi connectivity index (χ3v) is 4.49. The molecule has 0 aliphatic carbocycles. The van der Waals surface area contributed by atoms with Crippen molar-refractivity contribution < 1.29 is 9.47 Å². The fraction of sp³-hybridized carbons (Fsp3) is 1.00. The van der Waals surface area contributed by atoms with Crippen molar-refractivity contribution in [1.29, 1.82) is 0 Å². The Bertz CT molecular complexity index is 223. The maximum atomic E-state index is 6.08. The first-order valence-electron chi connectivity index (χ1n) is 9.01. The van der Waals surface area contributed by atoms with E-state index in [9.17, 15) is 0 Å². The molecule has 0 N–H and O–H groups in total. The quantitative estimate of drug-likeness (QED) is 0.311. The van der Waals surface area contributed by atoms with Gasteiger partial charge in [-0.3, -0.25) is 0 Å². The van der Waals surface area contributed by atoms with Crippen molar-refractivity contribution in [2.45, 2.75) is 97.2 Å². The van der Waals surface area contributed by atoms with Gasteiger partial charge in [-0.25, -0.2) is 0 Å². The summed E-state index contributed by atoms with van der Waals surface area (Å²) in [5.41, 5.74) is -0.156. The molecule has 0 aromatic rings. The Kier molecular flexibility index (Phi) is 14.1. The van der Waals surface area contributed by atoms with Crippen molar-refractivity contribution in [3.63, 3.8) is 0 Å². The van der Waals surface area contributed by atoms with Crippen molar-refractivity contribution in [2.75, 3.05) is 19.0 Å². The SMILES string of the molecule is CCCCCCCCC(OCC)C(C)(CCCS)OCC. The lowest BCUT2D eigenvalue weighted by molar-refractivity contribution is -0.139. The van der Waals surface area contributed by atoms with Gasteiger partial charge in [0.25, 0.3) is 0 Å². The predicted octanol–water partition coefficient (Wildman–Crippen LogP) is 5.65. The average molecular weight is 319 g/mol. The maximum Gasteiger partial charge on any atom is 0.0915 e. The van der Waals surface area contributed by atoms with Crippen LogP contribution in [-0.2, 0) is 9.47 Å². The Hall–Kier alpha value is 0.270. The summed E-state index contributed by atoms with van der Waals surface area (Å²) in [6, 6.07) is 0. The van der Waals surface area contributed by atoms with Crippen LogP contribution in [0.3, 0.4) is 0 Å². The molecule has 0 saturated carbocycles. The van der Waals surface area contributed by atoms with E-state index in [4.69, 9.17) is 9.47 Å². The molecule has 2 nitrogen and oxygen atoms in total. The summed E-state index contributed by atoms with van der Waals surface area (Å²) in [6.45, 7) is 10.2. The molecule has 2 atom stereocenters. The molecule has 0 saturated heterocycles. The second-order valence-electron chi connectivity index (χ2n) is 6.07. The van der Waals surface area contributed by atoms with Crippen molar-refractivity contribution in [1.82, 2.24) is 0 Å². The minimum Gasteiger partial charge on any atom is -0.376 e. The Morgan fingerprint density at radius 2 is 1.57 bits per heavy atom. The summed E-state index contributed by atoms with van der Waals surface area (Å²) in [5, 5.41) is 0. The number of ether oxygens (including phenoxy) is 2. The van der Waals surface area contributed by atoms with Crippen molar-refractivity contribution in [3.05, 3.63) is 0 Å². The lowest BCUT2D eigenvalue weighted by Gasteiger charge is -2.37. The van der Waals surface area contributed by atoms with Gasteiger partial charge in [0.15, 0.2) is 0 Å². The van der Waals surface area contributed by atoms with Gasteiger partial charge < -0.3 is 9.47 Å². The van der Waals surface area contributed by atoms with E-state index in [1.54, 1.807) is 0 Å². The van der Waals surface area contributed by atoms with Crippen molar-refractivity contribution in [3.8, 4) is 0 Å². The van der Waals surface area contributed by atoms with Crippen LogP contribution < -0.4 is 0 Å². The standard InChI is InChI=1S/C18H38O2S/c1-5-8-9-10-11-12-14-17(19-6-2)18(4,20-7-3)15-13-16-21/h17,21H,5-16H2,1-4H3. The zero-order valence-electron chi connectivity index (χ0n) is 14.8. The molecule has 0 amide bonds. The monoisotopic (exact) mass is 318 g/mol. The predicted molar refractivity (Wildman–Crippen MR) is 96.5 cm³/mol. The molecular weight excluding hydrogens is 280 g/mol. The van der Waals surface area contributed by atoms with E-state index >= 15 is 0 Å². The molecule has 0 aliphatic heterocycles. The highest BCUT2D eigenvalue weighted by Crippen LogP contribution is 2.29. The molecule has 0 rings (SSSR count). The largest absolute Gasteiger partial charge is 0.376 e. The zero-order chi connectivity index (χ0) is 16.0. The van der Waals surface area contributed by atoms with Gasteiger partial charge in [-0.05, 0) is 45.8 Å². The molecule has 0 bridgehead atoms. The average Bonchev–Trinajstić information content (AvgIpc) is 2.48. The number of unbranched alkanes of at least 4 members (excludes halogenated alkanes) is 5. The van der Waals surface area contributed by atoms with Gasteiger partial charge in [0.2, 0.25) is 0 Å². The second-order valence-corrected chi connectivity index (χ2v) is 6.52. The third-order valence-electron chi connectivity index (χ3n) is 4.17. The van der Waals surface area contributed by atoms with E-state index in [-0.39, 0.29) is 11.7 Å². The smallest absolute Gasteiger partial charge is 0.0915 e. The summed E-state index contributed by atoms with van der Waals surface area (Å²) in [5.74, 6) is 0.915. The highest BCUT2D eigenvalue weighted by Gasteiger charge is 2.34.